The minimum atomic E-state index is -0.898. The molecular formula is C7H14ClNO2S. The van der Waals surface area contributed by atoms with E-state index in [2.05, 4.69) is 5.32 Å². The van der Waals surface area contributed by atoms with Gasteiger partial charge in [-0.1, -0.05) is 0 Å². The first-order valence-corrected chi connectivity index (χ1v) is 5.75. The van der Waals surface area contributed by atoms with Crippen molar-refractivity contribution >= 4 is 28.3 Å². The quantitative estimate of drug-likeness (QED) is 0.689. The third-order valence-corrected chi connectivity index (χ3v) is 2.99. The van der Waals surface area contributed by atoms with Crippen LogP contribution in [-0.2, 0) is 15.6 Å². The van der Waals surface area contributed by atoms with Crippen LogP contribution in [0.25, 0.3) is 0 Å². The highest BCUT2D eigenvalue weighted by molar-refractivity contribution is 7.84. The average Bonchev–Trinajstić information content (AvgIpc) is 1.98. The minimum absolute atomic E-state index is 0.0237. The molecular weight excluding hydrogens is 198 g/mol. The lowest BCUT2D eigenvalue weighted by molar-refractivity contribution is -0.120. The van der Waals surface area contributed by atoms with Crippen LogP contribution in [0.3, 0.4) is 0 Å². The molecule has 3 nitrogen and oxygen atoms in total. The molecule has 0 heterocycles. The fraction of sp³-hybridized carbons (Fsp3) is 0.857. The lowest BCUT2D eigenvalue weighted by atomic mass is 10.4. The van der Waals surface area contributed by atoms with E-state index in [1.165, 1.54) is 0 Å². The SMILES string of the molecule is CC(Cl)C(=O)NCC(C)S(C)=O. The van der Waals surface area contributed by atoms with Crippen molar-refractivity contribution < 1.29 is 9.00 Å². The molecule has 12 heavy (non-hydrogen) atoms. The van der Waals surface area contributed by atoms with Gasteiger partial charge in [-0.2, -0.15) is 0 Å². The summed E-state index contributed by atoms with van der Waals surface area (Å²) < 4.78 is 10.9. The van der Waals surface area contributed by atoms with Gasteiger partial charge in [0.1, 0.15) is 5.38 Å². The Hall–Kier alpha value is -0.0900. The molecule has 0 aliphatic heterocycles. The van der Waals surface area contributed by atoms with Gasteiger partial charge >= 0.3 is 0 Å². The van der Waals surface area contributed by atoms with Gasteiger partial charge in [-0.15, -0.1) is 11.6 Å². The summed E-state index contributed by atoms with van der Waals surface area (Å²) in [6.45, 7) is 3.83. The number of rotatable bonds is 4. The molecule has 0 fully saturated rings. The van der Waals surface area contributed by atoms with Crippen molar-refractivity contribution in [3.63, 3.8) is 0 Å². The van der Waals surface area contributed by atoms with E-state index in [9.17, 15) is 9.00 Å². The molecule has 72 valence electrons. The van der Waals surface area contributed by atoms with E-state index in [1.54, 1.807) is 13.2 Å². The molecule has 0 aliphatic carbocycles. The Morgan fingerprint density at radius 3 is 2.42 bits per heavy atom. The Kier molecular flexibility index (Phi) is 5.50. The van der Waals surface area contributed by atoms with Crippen LogP contribution in [-0.4, -0.2) is 33.5 Å². The highest BCUT2D eigenvalue weighted by atomic mass is 35.5. The molecule has 0 aromatic carbocycles. The molecule has 0 spiro atoms. The zero-order chi connectivity index (χ0) is 9.72. The summed E-state index contributed by atoms with van der Waals surface area (Å²) in [5, 5.41) is 2.05. The van der Waals surface area contributed by atoms with Gasteiger partial charge in [-0.05, 0) is 13.8 Å². The summed E-state index contributed by atoms with van der Waals surface area (Å²) in [4.78, 5) is 10.9. The van der Waals surface area contributed by atoms with Crippen LogP contribution in [0.2, 0.25) is 0 Å². The summed E-state index contributed by atoms with van der Waals surface area (Å²) in [5.74, 6) is -0.214. The third-order valence-electron chi connectivity index (χ3n) is 1.49. The summed E-state index contributed by atoms with van der Waals surface area (Å²) in [7, 11) is -0.898. The van der Waals surface area contributed by atoms with Gasteiger partial charge in [-0.25, -0.2) is 0 Å². The summed E-state index contributed by atoms with van der Waals surface area (Å²) in [5.41, 5.74) is 0. The topological polar surface area (TPSA) is 46.2 Å². The van der Waals surface area contributed by atoms with E-state index in [0.717, 1.165) is 0 Å². The number of amides is 1. The van der Waals surface area contributed by atoms with Crippen LogP contribution < -0.4 is 5.32 Å². The van der Waals surface area contributed by atoms with E-state index >= 15 is 0 Å². The second-order valence-electron chi connectivity index (χ2n) is 2.67. The van der Waals surface area contributed by atoms with Gasteiger partial charge < -0.3 is 5.32 Å². The van der Waals surface area contributed by atoms with Gasteiger partial charge in [0.25, 0.3) is 0 Å². The van der Waals surface area contributed by atoms with Gasteiger partial charge in [0.15, 0.2) is 0 Å². The Bertz CT molecular complexity index is 184. The van der Waals surface area contributed by atoms with E-state index in [4.69, 9.17) is 11.6 Å². The zero-order valence-corrected chi connectivity index (χ0v) is 9.04. The van der Waals surface area contributed by atoms with Gasteiger partial charge in [-0.3, -0.25) is 9.00 Å². The summed E-state index contributed by atoms with van der Waals surface area (Å²) >= 11 is 5.50. The number of hydrogen-bond donors (Lipinski definition) is 1. The predicted octanol–water partition coefficient (Wildman–Crippen LogP) is 0.497. The third kappa shape index (κ3) is 4.72. The molecule has 5 heteroatoms. The van der Waals surface area contributed by atoms with Crippen LogP contribution in [0.4, 0.5) is 0 Å². The number of carbonyl (C=O) groups excluding carboxylic acids is 1. The van der Waals surface area contributed by atoms with Crippen molar-refractivity contribution in [3.05, 3.63) is 0 Å². The molecule has 1 N–H and O–H groups in total. The first-order valence-electron chi connectivity index (χ1n) is 3.69. The molecule has 0 bridgehead atoms. The van der Waals surface area contributed by atoms with E-state index < -0.39 is 16.2 Å². The maximum Gasteiger partial charge on any atom is 0.237 e. The average molecular weight is 212 g/mol. The molecule has 3 unspecified atom stereocenters. The van der Waals surface area contributed by atoms with Crippen molar-refractivity contribution in [2.75, 3.05) is 12.8 Å². The minimum Gasteiger partial charge on any atom is -0.354 e. The number of carbonyl (C=O) groups is 1. The number of hydrogen-bond acceptors (Lipinski definition) is 2. The predicted molar refractivity (Wildman–Crippen MR) is 51.9 cm³/mol. The molecule has 1 amide bonds. The molecule has 0 aromatic rings. The van der Waals surface area contributed by atoms with Crippen molar-refractivity contribution in [1.82, 2.24) is 5.32 Å². The molecule has 3 atom stereocenters. The van der Waals surface area contributed by atoms with Crippen molar-refractivity contribution in [3.8, 4) is 0 Å². The number of alkyl halides is 1. The Balaban J connectivity index is 3.69. The van der Waals surface area contributed by atoms with Crippen LogP contribution in [0.5, 0.6) is 0 Å². The smallest absolute Gasteiger partial charge is 0.237 e. The van der Waals surface area contributed by atoms with Crippen LogP contribution in [0, 0.1) is 0 Å². The van der Waals surface area contributed by atoms with Crippen LogP contribution >= 0.6 is 11.6 Å². The van der Waals surface area contributed by atoms with E-state index in [0.29, 0.717) is 6.54 Å². The monoisotopic (exact) mass is 211 g/mol. The van der Waals surface area contributed by atoms with Gasteiger partial charge in [0, 0.05) is 28.9 Å². The lowest BCUT2D eigenvalue weighted by Gasteiger charge is -2.10. The number of halogens is 1. The van der Waals surface area contributed by atoms with E-state index in [1.807, 2.05) is 6.92 Å². The Morgan fingerprint density at radius 1 is 1.58 bits per heavy atom. The van der Waals surface area contributed by atoms with Crippen molar-refractivity contribution in [2.45, 2.75) is 24.5 Å². The molecule has 0 radical (unpaired) electrons. The zero-order valence-electron chi connectivity index (χ0n) is 7.46. The van der Waals surface area contributed by atoms with E-state index in [-0.39, 0.29) is 11.2 Å². The molecule has 0 aromatic heterocycles. The van der Waals surface area contributed by atoms with Crippen molar-refractivity contribution in [2.24, 2.45) is 0 Å². The Morgan fingerprint density at radius 2 is 2.08 bits per heavy atom. The maximum absolute atomic E-state index is 10.9. The lowest BCUT2D eigenvalue weighted by Crippen LogP contribution is -2.36. The normalized spacial score (nSPS) is 18.0. The second-order valence-corrected chi connectivity index (χ2v) is 5.13. The summed E-state index contributed by atoms with van der Waals surface area (Å²) in [6, 6.07) is 0. The highest BCUT2D eigenvalue weighted by Gasteiger charge is 2.11. The number of nitrogens with one attached hydrogen (secondary N) is 1. The molecule has 0 saturated carbocycles. The first kappa shape index (κ1) is 11.9. The fourth-order valence-electron chi connectivity index (χ4n) is 0.502. The van der Waals surface area contributed by atoms with Crippen molar-refractivity contribution in [1.29, 1.82) is 0 Å². The maximum atomic E-state index is 10.9. The standard InChI is InChI=1S/C7H14ClNO2S/c1-5(12(3)11)4-9-7(10)6(2)8/h5-6H,4H2,1-3H3,(H,9,10). The van der Waals surface area contributed by atoms with Gasteiger partial charge in [0.2, 0.25) is 5.91 Å². The largest absolute Gasteiger partial charge is 0.354 e. The highest BCUT2D eigenvalue weighted by Crippen LogP contribution is 1.94. The molecule has 0 rings (SSSR count). The molecule has 0 saturated heterocycles. The summed E-state index contributed by atoms with van der Waals surface area (Å²) in [6.07, 6.45) is 1.61. The second kappa shape index (κ2) is 5.54. The Labute approximate surface area is 80.3 Å². The molecule has 0 aliphatic rings. The van der Waals surface area contributed by atoms with Crippen LogP contribution in [0.15, 0.2) is 0 Å². The van der Waals surface area contributed by atoms with Gasteiger partial charge in [0.05, 0.1) is 0 Å². The first-order chi connectivity index (χ1) is 5.45. The van der Waals surface area contributed by atoms with Crippen LogP contribution in [0.1, 0.15) is 13.8 Å². The fourth-order valence-corrected chi connectivity index (χ4v) is 0.898.